The van der Waals surface area contributed by atoms with E-state index in [1.165, 1.54) is 11.8 Å². The molecule has 0 bridgehead atoms. The summed E-state index contributed by atoms with van der Waals surface area (Å²) >= 11 is 0. The first kappa shape index (κ1) is 27.0. The summed E-state index contributed by atoms with van der Waals surface area (Å²) < 4.78 is 41.0. The zero-order valence-electron chi connectivity index (χ0n) is 20.5. The Bertz CT molecular complexity index is 935. The van der Waals surface area contributed by atoms with Crippen LogP contribution in [0.15, 0.2) is 24.3 Å². The second-order valence-corrected chi connectivity index (χ2v) is 9.91. The fourth-order valence-corrected chi connectivity index (χ4v) is 5.09. The molecule has 0 aromatic heterocycles. The lowest BCUT2D eigenvalue weighted by Crippen LogP contribution is -2.57. The van der Waals surface area contributed by atoms with Gasteiger partial charge < -0.3 is 20.9 Å². The van der Waals surface area contributed by atoms with Crippen molar-refractivity contribution in [2.24, 2.45) is 11.7 Å². The minimum atomic E-state index is -5.02. The molecule has 4 atom stereocenters. The monoisotopic (exact) mass is 496 g/mol. The van der Waals surface area contributed by atoms with Gasteiger partial charge in [0.25, 0.3) is 0 Å². The second kappa shape index (κ2) is 11.0. The van der Waals surface area contributed by atoms with Gasteiger partial charge in [-0.3, -0.25) is 14.4 Å². The Hall–Kier alpha value is -2.62. The topological polar surface area (TPSA) is 95.7 Å². The van der Waals surface area contributed by atoms with Crippen LogP contribution in [0.1, 0.15) is 63.6 Å². The number of hydrogen-bond acceptors (Lipinski definition) is 4. The number of carbonyl (C=O) groups is 3. The highest BCUT2D eigenvalue weighted by molar-refractivity contribution is 5.90. The summed E-state index contributed by atoms with van der Waals surface area (Å²) in [5.41, 5.74) is 7.32. The number of nitrogens with one attached hydrogen (secondary N) is 1. The molecule has 1 aromatic carbocycles. The number of nitrogens with two attached hydrogens (primary N) is 1. The molecule has 1 fully saturated rings. The summed E-state index contributed by atoms with van der Waals surface area (Å²) in [6, 6.07) is 4.36. The van der Waals surface area contributed by atoms with E-state index >= 15 is 0 Å². The number of amides is 3. The SMILES string of the molecule is CC(C)[C@H](NC(=O)[C@H](C)N)C(=O)N1CCC[C@H]1CN(C(=O)C(F)(F)F)C1CCCc2ccccc21. The van der Waals surface area contributed by atoms with Crippen molar-refractivity contribution in [2.45, 2.75) is 83.2 Å². The first-order chi connectivity index (χ1) is 16.4. The van der Waals surface area contributed by atoms with Crippen LogP contribution in [-0.2, 0) is 20.8 Å². The maximum Gasteiger partial charge on any atom is 0.471 e. The van der Waals surface area contributed by atoms with E-state index in [0.29, 0.717) is 32.2 Å². The van der Waals surface area contributed by atoms with Crippen molar-refractivity contribution in [3.8, 4) is 0 Å². The number of carbonyl (C=O) groups excluding carboxylic acids is 3. The van der Waals surface area contributed by atoms with E-state index in [1.54, 1.807) is 26.0 Å². The van der Waals surface area contributed by atoms with E-state index in [9.17, 15) is 27.6 Å². The predicted molar refractivity (Wildman–Crippen MR) is 125 cm³/mol. The highest BCUT2D eigenvalue weighted by atomic mass is 19.4. The Morgan fingerprint density at radius 1 is 1.14 bits per heavy atom. The van der Waals surface area contributed by atoms with E-state index in [2.05, 4.69) is 5.32 Å². The molecule has 0 saturated carbocycles. The van der Waals surface area contributed by atoms with Crippen molar-refractivity contribution in [1.29, 1.82) is 0 Å². The molecule has 3 amide bonds. The number of halogens is 3. The van der Waals surface area contributed by atoms with E-state index in [-0.39, 0.29) is 18.4 Å². The highest BCUT2D eigenvalue weighted by Gasteiger charge is 2.47. The van der Waals surface area contributed by atoms with E-state index < -0.39 is 42.2 Å². The molecule has 7 nitrogen and oxygen atoms in total. The van der Waals surface area contributed by atoms with Crippen LogP contribution in [0.2, 0.25) is 0 Å². The summed E-state index contributed by atoms with van der Waals surface area (Å²) in [6.07, 6.45) is -2.07. The fourth-order valence-electron chi connectivity index (χ4n) is 5.09. The Kier molecular flexibility index (Phi) is 8.46. The molecule has 3 N–H and O–H groups in total. The summed E-state index contributed by atoms with van der Waals surface area (Å²) in [4.78, 5) is 40.7. The Morgan fingerprint density at radius 3 is 2.46 bits per heavy atom. The number of alkyl halides is 3. The van der Waals surface area contributed by atoms with Gasteiger partial charge in [0, 0.05) is 19.1 Å². The third-order valence-electron chi connectivity index (χ3n) is 6.93. The van der Waals surface area contributed by atoms with Crippen LogP contribution >= 0.6 is 0 Å². The molecule has 1 aliphatic carbocycles. The van der Waals surface area contributed by atoms with Crippen molar-refractivity contribution in [1.82, 2.24) is 15.1 Å². The smallest absolute Gasteiger partial charge is 0.343 e. The van der Waals surface area contributed by atoms with Gasteiger partial charge in [-0.05, 0) is 56.1 Å². The van der Waals surface area contributed by atoms with E-state index in [0.717, 1.165) is 22.4 Å². The maximum atomic E-state index is 13.7. The molecule has 1 unspecified atom stereocenters. The largest absolute Gasteiger partial charge is 0.471 e. The van der Waals surface area contributed by atoms with Crippen LogP contribution in [0, 0.1) is 5.92 Å². The molecule has 0 spiro atoms. The molecular formula is C25H35F3N4O3. The summed E-state index contributed by atoms with van der Waals surface area (Å²) in [5.74, 6) is -2.96. The number of likely N-dealkylation sites (tertiary alicyclic amines) is 1. The molecule has 1 aliphatic heterocycles. The minimum Gasteiger partial charge on any atom is -0.343 e. The van der Waals surface area contributed by atoms with Crippen molar-refractivity contribution >= 4 is 17.7 Å². The Morgan fingerprint density at radius 2 is 1.83 bits per heavy atom. The number of nitrogens with zero attached hydrogens (tertiary/aromatic N) is 2. The van der Waals surface area contributed by atoms with Gasteiger partial charge in [-0.1, -0.05) is 38.1 Å². The van der Waals surface area contributed by atoms with Gasteiger partial charge in [-0.2, -0.15) is 13.2 Å². The molecule has 2 aliphatic rings. The van der Waals surface area contributed by atoms with E-state index in [1.807, 2.05) is 12.1 Å². The number of hydrogen-bond donors (Lipinski definition) is 2. The van der Waals surface area contributed by atoms with Crippen molar-refractivity contribution < 1.29 is 27.6 Å². The third-order valence-corrected chi connectivity index (χ3v) is 6.93. The molecular weight excluding hydrogens is 461 g/mol. The molecule has 3 rings (SSSR count). The molecule has 10 heteroatoms. The van der Waals surface area contributed by atoms with Crippen molar-refractivity contribution in [2.75, 3.05) is 13.1 Å². The lowest BCUT2D eigenvalue weighted by atomic mass is 9.86. The van der Waals surface area contributed by atoms with E-state index in [4.69, 9.17) is 5.73 Å². The summed E-state index contributed by atoms with van der Waals surface area (Å²) in [7, 11) is 0. The van der Waals surface area contributed by atoms with Crippen LogP contribution in [0.25, 0.3) is 0 Å². The van der Waals surface area contributed by atoms with Crippen LogP contribution in [-0.4, -0.2) is 64.9 Å². The minimum absolute atomic E-state index is 0.213. The van der Waals surface area contributed by atoms with Gasteiger partial charge in [0.1, 0.15) is 6.04 Å². The number of aryl methyl sites for hydroxylation is 1. The quantitative estimate of drug-likeness (QED) is 0.607. The zero-order chi connectivity index (χ0) is 25.9. The lowest BCUT2D eigenvalue weighted by molar-refractivity contribution is -0.189. The van der Waals surface area contributed by atoms with Gasteiger partial charge in [0.05, 0.1) is 12.1 Å². The van der Waals surface area contributed by atoms with Crippen LogP contribution in [0.4, 0.5) is 13.2 Å². The Balaban J connectivity index is 1.88. The van der Waals surface area contributed by atoms with Gasteiger partial charge in [-0.15, -0.1) is 0 Å². The third kappa shape index (κ3) is 6.15. The van der Waals surface area contributed by atoms with Crippen LogP contribution in [0.5, 0.6) is 0 Å². The summed E-state index contributed by atoms with van der Waals surface area (Å²) in [6.45, 7) is 5.23. The fraction of sp³-hybridized carbons (Fsp3) is 0.640. The molecule has 1 saturated heterocycles. The molecule has 35 heavy (non-hydrogen) atoms. The number of fused-ring (bicyclic) bond motifs is 1. The van der Waals surface area contributed by atoms with Crippen LogP contribution in [0.3, 0.4) is 0 Å². The van der Waals surface area contributed by atoms with Gasteiger partial charge in [0.2, 0.25) is 11.8 Å². The van der Waals surface area contributed by atoms with Crippen LogP contribution < -0.4 is 11.1 Å². The van der Waals surface area contributed by atoms with Gasteiger partial charge in [0.15, 0.2) is 0 Å². The highest BCUT2D eigenvalue weighted by Crippen LogP contribution is 2.37. The summed E-state index contributed by atoms with van der Waals surface area (Å²) in [5, 5.41) is 2.67. The average molecular weight is 497 g/mol. The zero-order valence-corrected chi connectivity index (χ0v) is 20.5. The van der Waals surface area contributed by atoms with Crippen molar-refractivity contribution in [3.63, 3.8) is 0 Å². The van der Waals surface area contributed by atoms with Gasteiger partial charge in [-0.25, -0.2) is 0 Å². The normalized spacial score (nSPS) is 21.9. The average Bonchev–Trinajstić information content (AvgIpc) is 3.27. The first-order valence-electron chi connectivity index (χ1n) is 12.2. The maximum absolute atomic E-state index is 13.7. The number of benzene rings is 1. The molecule has 0 radical (unpaired) electrons. The van der Waals surface area contributed by atoms with Crippen molar-refractivity contribution in [3.05, 3.63) is 35.4 Å². The molecule has 1 heterocycles. The Labute approximate surface area is 204 Å². The molecule has 194 valence electrons. The standard InChI is InChI=1S/C25H35F3N4O3/c1-15(2)21(30-22(33)16(3)29)23(34)31-13-7-10-18(31)14-32(24(35)25(26,27)28)20-12-6-9-17-8-4-5-11-19(17)20/h4-5,8,11,15-16,18,20-21H,6-7,9-10,12-14,29H2,1-3H3,(H,30,33)/t16-,18-,20?,21-/m0/s1. The first-order valence-corrected chi connectivity index (χ1v) is 12.2. The molecule has 1 aromatic rings. The van der Waals surface area contributed by atoms with Gasteiger partial charge >= 0.3 is 12.1 Å². The second-order valence-electron chi connectivity index (χ2n) is 9.91. The predicted octanol–water partition coefficient (Wildman–Crippen LogP) is 2.93. The number of rotatable bonds is 7. The lowest BCUT2D eigenvalue weighted by Gasteiger charge is -2.40.